The molecule has 0 aliphatic rings. The molecule has 0 N–H and O–H groups in total. The van der Waals surface area contributed by atoms with Crippen LogP contribution in [-0.4, -0.2) is 41.7 Å². The Morgan fingerprint density at radius 2 is 1.75 bits per heavy atom. The van der Waals surface area contributed by atoms with E-state index in [0.717, 1.165) is 0 Å². The number of rotatable bonds is 8. The first-order valence-corrected chi connectivity index (χ1v) is 6.82. The first kappa shape index (κ1) is 16.1. The van der Waals surface area contributed by atoms with Gasteiger partial charge in [0.15, 0.2) is 5.78 Å². The van der Waals surface area contributed by atoms with Gasteiger partial charge in [-0.1, -0.05) is 31.9 Å². The van der Waals surface area contributed by atoms with Crippen LogP contribution in [-0.2, 0) is 19.1 Å². The Balaban J connectivity index is 3.86. The summed E-state index contributed by atoms with van der Waals surface area (Å²) in [6.45, 7) is 2.20. The molecule has 0 fully saturated rings. The molecule has 0 aromatic rings. The quantitative estimate of drug-likeness (QED) is 0.491. The number of Topliss-reactive ketones (excluding diaryl/α,β-unsaturated/α-hetero) is 1. The van der Waals surface area contributed by atoms with Crippen LogP contribution in [0, 0.1) is 0 Å². The smallest absolute Gasteiger partial charge is 0.319 e. The van der Waals surface area contributed by atoms with Gasteiger partial charge in [0.05, 0.1) is 11.4 Å². The summed E-state index contributed by atoms with van der Waals surface area (Å²) in [6.07, 6.45) is 1.11. The lowest BCUT2D eigenvalue weighted by molar-refractivity contribution is -0.142. The molecule has 0 aliphatic carbocycles. The topological polar surface area (TPSA) is 52.6 Å². The SMILES string of the molecule is CCOC(=O)[C@@H](Br)CC[C@@H](Br)C(=O)COC. The molecule has 0 heterocycles. The Hall–Kier alpha value is 0.0600. The van der Waals surface area contributed by atoms with Gasteiger partial charge in [0, 0.05) is 7.11 Å². The van der Waals surface area contributed by atoms with Gasteiger partial charge < -0.3 is 9.47 Å². The van der Waals surface area contributed by atoms with Gasteiger partial charge in [-0.3, -0.25) is 9.59 Å². The van der Waals surface area contributed by atoms with Gasteiger partial charge >= 0.3 is 5.97 Å². The van der Waals surface area contributed by atoms with E-state index >= 15 is 0 Å². The minimum Gasteiger partial charge on any atom is -0.465 e. The van der Waals surface area contributed by atoms with E-state index in [1.807, 2.05) is 0 Å². The number of methoxy groups -OCH3 is 1. The highest BCUT2D eigenvalue weighted by Gasteiger charge is 2.20. The second-order valence-electron chi connectivity index (χ2n) is 3.16. The first-order valence-electron chi connectivity index (χ1n) is 4.99. The highest BCUT2D eigenvalue weighted by atomic mass is 79.9. The summed E-state index contributed by atoms with van der Waals surface area (Å²) in [5, 5.41) is 0. The van der Waals surface area contributed by atoms with E-state index in [2.05, 4.69) is 31.9 Å². The summed E-state index contributed by atoms with van der Waals surface area (Å²) < 4.78 is 9.57. The molecule has 0 aromatic heterocycles. The average molecular weight is 360 g/mol. The molecule has 16 heavy (non-hydrogen) atoms. The van der Waals surface area contributed by atoms with Crippen LogP contribution < -0.4 is 0 Å². The first-order chi connectivity index (χ1) is 7.52. The van der Waals surface area contributed by atoms with Crippen molar-refractivity contribution in [1.82, 2.24) is 0 Å². The van der Waals surface area contributed by atoms with Gasteiger partial charge in [-0.25, -0.2) is 0 Å². The summed E-state index contributed by atoms with van der Waals surface area (Å²) in [6, 6.07) is 0. The number of halogens is 2. The highest BCUT2D eigenvalue weighted by Crippen LogP contribution is 2.16. The molecular formula is C10H16Br2O4. The second kappa shape index (κ2) is 9.13. The van der Waals surface area contributed by atoms with Gasteiger partial charge in [-0.15, -0.1) is 0 Å². The Bertz CT molecular complexity index is 209. The summed E-state index contributed by atoms with van der Waals surface area (Å²) >= 11 is 6.48. The molecule has 0 radical (unpaired) electrons. The van der Waals surface area contributed by atoms with Crippen LogP contribution >= 0.6 is 31.9 Å². The fourth-order valence-electron chi connectivity index (χ4n) is 1.04. The standard InChI is InChI=1S/C10H16Br2O4/c1-3-16-10(14)8(12)5-4-7(11)9(13)6-15-2/h7-8H,3-6H2,1-2H3/t7-,8+/m1/s1. The molecule has 0 amide bonds. The van der Waals surface area contributed by atoms with Crippen LogP contribution in [0.25, 0.3) is 0 Å². The lowest BCUT2D eigenvalue weighted by Gasteiger charge is -2.11. The third-order valence-corrected chi connectivity index (χ3v) is 3.65. The fraction of sp³-hybridized carbons (Fsp3) is 0.800. The van der Waals surface area contributed by atoms with Gasteiger partial charge in [0.1, 0.15) is 11.4 Å². The number of alkyl halides is 2. The van der Waals surface area contributed by atoms with Crippen LogP contribution in [0.1, 0.15) is 19.8 Å². The predicted molar refractivity (Wildman–Crippen MR) is 68.2 cm³/mol. The number of carbonyl (C=O) groups is 2. The van der Waals surface area contributed by atoms with Crippen LogP contribution in [0.3, 0.4) is 0 Å². The van der Waals surface area contributed by atoms with Crippen molar-refractivity contribution < 1.29 is 19.1 Å². The van der Waals surface area contributed by atoms with E-state index in [4.69, 9.17) is 9.47 Å². The Labute approximate surface area is 112 Å². The zero-order valence-corrected chi connectivity index (χ0v) is 12.5. The number of ether oxygens (including phenoxy) is 2. The van der Waals surface area contributed by atoms with E-state index in [1.54, 1.807) is 6.92 Å². The van der Waals surface area contributed by atoms with Crippen LogP contribution in [0.5, 0.6) is 0 Å². The van der Waals surface area contributed by atoms with E-state index in [1.165, 1.54) is 7.11 Å². The zero-order valence-electron chi connectivity index (χ0n) is 9.37. The molecule has 0 unspecified atom stereocenters. The number of hydrogen-bond donors (Lipinski definition) is 0. The third kappa shape index (κ3) is 6.60. The molecule has 0 saturated carbocycles. The van der Waals surface area contributed by atoms with E-state index < -0.39 is 0 Å². The molecule has 0 aromatic carbocycles. The normalized spacial score (nSPS) is 14.2. The minimum absolute atomic E-state index is 0.0222. The number of hydrogen-bond acceptors (Lipinski definition) is 4. The minimum atomic E-state index is -0.358. The highest BCUT2D eigenvalue weighted by molar-refractivity contribution is 9.10. The van der Waals surface area contributed by atoms with Gasteiger partial charge in [-0.2, -0.15) is 0 Å². The Morgan fingerprint density at radius 3 is 2.25 bits per heavy atom. The maximum Gasteiger partial charge on any atom is 0.319 e. The van der Waals surface area contributed by atoms with Crippen molar-refractivity contribution in [2.75, 3.05) is 20.3 Å². The van der Waals surface area contributed by atoms with Crippen molar-refractivity contribution in [2.24, 2.45) is 0 Å². The summed E-state index contributed by atoms with van der Waals surface area (Å²) in [5.74, 6) is -0.313. The van der Waals surface area contributed by atoms with Gasteiger partial charge in [-0.05, 0) is 19.8 Å². The summed E-state index contributed by atoms with van der Waals surface area (Å²) in [5.41, 5.74) is 0. The van der Waals surface area contributed by atoms with Crippen LogP contribution in [0.4, 0.5) is 0 Å². The number of carbonyl (C=O) groups excluding carboxylic acids is 2. The monoisotopic (exact) mass is 358 g/mol. The number of esters is 1. The van der Waals surface area contributed by atoms with E-state index in [9.17, 15) is 9.59 Å². The van der Waals surface area contributed by atoms with Crippen molar-refractivity contribution >= 4 is 43.6 Å². The van der Waals surface area contributed by atoms with Crippen molar-refractivity contribution in [1.29, 1.82) is 0 Å². The van der Waals surface area contributed by atoms with E-state index in [-0.39, 0.29) is 28.0 Å². The maximum atomic E-state index is 11.3. The lowest BCUT2D eigenvalue weighted by Crippen LogP contribution is -2.23. The molecule has 0 rings (SSSR count). The molecular weight excluding hydrogens is 344 g/mol. The summed E-state index contributed by atoms with van der Waals surface area (Å²) in [4.78, 5) is 22.0. The van der Waals surface area contributed by atoms with E-state index in [0.29, 0.717) is 19.4 Å². The molecule has 0 aliphatic heterocycles. The maximum absolute atomic E-state index is 11.3. The van der Waals surface area contributed by atoms with Crippen molar-refractivity contribution in [3.63, 3.8) is 0 Å². The Kier molecular flexibility index (Phi) is 9.16. The molecule has 0 spiro atoms. The Morgan fingerprint density at radius 1 is 1.19 bits per heavy atom. The molecule has 4 nitrogen and oxygen atoms in total. The second-order valence-corrected chi connectivity index (χ2v) is 5.37. The average Bonchev–Trinajstić information content (AvgIpc) is 2.25. The van der Waals surface area contributed by atoms with Gasteiger partial charge in [0.2, 0.25) is 0 Å². The van der Waals surface area contributed by atoms with Crippen molar-refractivity contribution in [2.45, 2.75) is 29.4 Å². The molecule has 2 atom stereocenters. The van der Waals surface area contributed by atoms with Crippen molar-refractivity contribution in [3.8, 4) is 0 Å². The zero-order chi connectivity index (χ0) is 12.6. The predicted octanol–water partition coefficient (Wildman–Crippen LogP) is 2.07. The van der Waals surface area contributed by atoms with Gasteiger partial charge in [0.25, 0.3) is 0 Å². The molecule has 0 saturated heterocycles. The molecule has 6 heteroatoms. The lowest BCUT2D eigenvalue weighted by atomic mass is 10.1. The molecule has 94 valence electrons. The number of ketones is 1. The summed E-state index contributed by atoms with van der Waals surface area (Å²) in [7, 11) is 1.48. The van der Waals surface area contributed by atoms with Crippen LogP contribution in [0.2, 0.25) is 0 Å². The fourth-order valence-corrected chi connectivity index (χ4v) is 1.83. The largest absolute Gasteiger partial charge is 0.465 e. The van der Waals surface area contributed by atoms with Crippen LogP contribution in [0.15, 0.2) is 0 Å². The third-order valence-electron chi connectivity index (χ3n) is 1.85. The molecule has 0 bridgehead atoms. The van der Waals surface area contributed by atoms with Crippen molar-refractivity contribution in [3.05, 3.63) is 0 Å².